The Kier molecular flexibility index (Phi) is 3.46. The van der Waals surface area contributed by atoms with Crippen LogP contribution >= 0.6 is 0 Å². The van der Waals surface area contributed by atoms with Crippen molar-refractivity contribution in [3.05, 3.63) is 41.2 Å². The van der Waals surface area contributed by atoms with E-state index in [1.807, 2.05) is 24.3 Å². The van der Waals surface area contributed by atoms with Crippen LogP contribution in [0.5, 0.6) is 0 Å². The molecule has 0 bridgehead atoms. The molecular formula is C12H14O2. The zero-order valence-electron chi connectivity index (χ0n) is 8.45. The highest BCUT2D eigenvalue weighted by Gasteiger charge is 1.96. The molecule has 0 heterocycles. The van der Waals surface area contributed by atoms with E-state index in [0.29, 0.717) is 6.42 Å². The van der Waals surface area contributed by atoms with Crippen LogP contribution in [-0.4, -0.2) is 10.9 Å². The molecule has 0 radical (unpaired) electrons. The second-order valence-corrected chi connectivity index (χ2v) is 3.41. The lowest BCUT2D eigenvalue weighted by molar-refractivity contribution is -0.116. The fourth-order valence-electron chi connectivity index (χ4n) is 1.26. The quantitative estimate of drug-likeness (QED) is 0.744. The lowest BCUT2D eigenvalue weighted by Gasteiger charge is -1.98. The van der Waals surface area contributed by atoms with Crippen LogP contribution in [0.25, 0.3) is 6.08 Å². The van der Waals surface area contributed by atoms with Crippen molar-refractivity contribution < 1.29 is 9.90 Å². The van der Waals surface area contributed by atoms with Crippen LogP contribution in [-0.2, 0) is 11.2 Å². The highest BCUT2D eigenvalue weighted by Crippen LogP contribution is 2.08. The first-order chi connectivity index (χ1) is 6.58. The third kappa shape index (κ3) is 3.44. The molecule has 0 aliphatic carbocycles. The second-order valence-electron chi connectivity index (χ2n) is 3.41. The van der Waals surface area contributed by atoms with Gasteiger partial charge in [0.2, 0.25) is 0 Å². The fraction of sp³-hybridized carbons (Fsp3) is 0.250. The van der Waals surface area contributed by atoms with Gasteiger partial charge in [-0.1, -0.05) is 24.3 Å². The van der Waals surface area contributed by atoms with Gasteiger partial charge in [-0.15, -0.1) is 0 Å². The summed E-state index contributed by atoms with van der Waals surface area (Å²) in [4.78, 5) is 10.8. The van der Waals surface area contributed by atoms with Crippen molar-refractivity contribution in [1.29, 1.82) is 0 Å². The standard InChI is InChI=1S/C12H14O2/c1-9(13)7-11-3-5-12(6-4-11)8-10(2)14/h3-7,13H,8H2,1-2H3/b9-7+. The van der Waals surface area contributed by atoms with Gasteiger partial charge in [-0.3, -0.25) is 4.79 Å². The average Bonchev–Trinajstić information content (AvgIpc) is 2.06. The molecule has 0 saturated heterocycles. The predicted octanol–water partition coefficient (Wildman–Crippen LogP) is 2.74. The van der Waals surface area contributed by atoms with Crippen LogP contribution in [0.4, 0.5) is 0 Å². The molecule has 0 atom stereocenters. The molecule has 0 aromatic heterocycles. The number of aliphatic hydroxyl groups is 1. The summed E-state index contributed by atoms with van der Waals surface area (Å²) in [5.74, 6) is 0.441. The molecule has 1 aromatic rings. The van der Waals surface area contributed by atoms with Crippen LogP contribution in [0.1, 0.15) is 25.0 Å². The van der Waals surface area contributed by atoms with Crippen LogP contribution in [0, 0.1) is 0 Å². The molecule has 0 unspecified atom stereocenters. The number of carbonyl (C=O) groups excluding carboxylic acids is 1. The van der Waals surface area contributed by atoms with E-state index in [1.165, 1.54) is 0 Å². The van der Waals surface area contributed by atoms with Crippen LogP contribution in [0.3, 0.4) is 0 Å². The summed E-state index contributed by atoms with van der Waals surface area (Å²) in [6.07, 6.45) is 2.15. The predicted molar refractivity (Wildman–Crippen MR) is 57.1 cm³/mol. The Hall–Kier alpha value is -1.57. The number of Topliss-reactive ketones (excluding diaryl/α,β-unsaturated/α-hetero) is 1. The Morgan fingerprint density at radius 2 is 1.86 bits per heavy atom. The fourth-order valence-corrected chi connectivity index (χ4v) is 1.26. The maximum Gasteiger partial charge on any atom is 0.134 e. The SMILES string of the molecule is CC(=O)Cc1ccc(/C=C(\C)O)cc1. The lowest BCUT2D eigenvalue weighted by Crippen LogP contribution is -1.95. The first-order valence-corrected chi connectivity index (χ1v) is 4.53. The van der Waals surface area contributed by atoms with Crippen molar-refractivity contribution >= 4 is 11.9 Å². The molecule has 74 valence electrons. The number of benzene rings is 1. The Labute approximate surface area is 83.9 Å². The second kappa shape index (κ2) is 4.61. The smallest absolute Gasteiger partial charge is 0.134 e. The Balaban J connectivity index is 2.78. The van der Waals surface area contributed by atoms with E-state index < -0.39 is 0 Å². The molecule has 0 aliphatic rings. The van der Waals surface area contributed by atoms with E-state index in [1.54, 1.807) is 19.9 Å². The number of hydrogen-bond acceptors (Lipinski definition) is 2. The highest BCUT2D eigenvalue weighted by atomic mass is 16.3. The third-order valence-electron chi connectivity index (χ3n) is 1.81. The molecule has 1 aromatic carbocycles. The van der Waals surface area contributed by atoms with Gasteiger partial charge in [0.15, 0.2) is 0 Å². The van der Waals surface area contributed by atoms with Gasteiger partial charge in [0.05, 0.1) is 5.76 Å². The van der Waals surface area contributed by atoms with Gasteiger partial charge in [-0.2, -0.15) is 0 Å². The van der Waals surface area contributed by atoms with Gasteiger partial charge in [-0.25, -0.2) is 0 Å². The number of allylic oxidation sites excluding steroid dienone is 1. The molecule has 2 heteroatoms. The third-order valence-corrected chi connectivity index (χ3v) is 1.81. The molecule has 0 spiro atoms. The first kappa shape index (κ1) is 10.5. The summed E-state index contributed by atoms with van der Waals surface area (Å²) in [7, 11) is 0. The number of ketones is 1. The zero-order chi connectivity index (χ0) is 10.6. The molecule has 0 amide bonds. The topological polar surface area (TPSA) is 37.3 Å². The summed E-state index contributed by atoms with van der Waals surface area (Å²) < 4.78 is 0. The minimum absolute atomic E-state index is 0.159. The van der Waals surface area contributed by atoms with Crippen LogP contribution in [0.2, 0.25) is 0 Å². The van der Waals surface area contributed by atoms with E-state index in [4.69, 9.17) is 5.11 Å². The summed E-state index contributed by atoms with van der Waals surface area (Å²) >= 11 is 0. The lowest BCUT2D eigenvalue weighted by atomic mass is 10.1. The largest absolute Gasteiger partial charge is 0.513 e. The summed E-state index contributed by atoms with van der Waals surface area (Å²) in [6, 6.07) is 7.57. The summed E-state index contributed by atoms with van der Waals surface area (Å²) in [5.41, 5.74) is 1.95. The average molecular weight is 190 g/mol. The molecule has 0 fully saturated rings. The normalized spacial score (nSPS) is 11.4. The summed E-state index contributed by atoms with van der Waals surface area (Å²) in [6.45, 7) is 3.20. The minimum atomic E-state index is 0.159. The zero-order valence-corrected chi connectivity index (χ0v) is 8.45. The highest BCUT2D eigenvalue weighted by molar-refractivity contribution is 5.78. The minimum Gasteiger partial charge on any atom is -0.513 e. The van der Waals surface area contributed by atoms with Gasteiger partial charge >= 0.3 is 0 Å². The number of aliphatic hydroxyl groups excluding tert-OH is 1. The summed E-state index contributed by atoms with van der Waals surface area (Å²) in [5, 5.41) is 9.03. The molecular weight excluding hydrogens is 176 g/mol. The van der Waals surface area contributed by atoms with Crippen molar-refractivity contribution in [1.82, 2.24) is 0 Å². The Morgan fingerprint density at radius 3 is 2.29 bits per heavy atom. The van der Waals surface area contributed by atoms with Crippen LogP contribution < -0.4 is 0 Å². The Morgan fingerprint density at radius 1 is 1.29 bits per heavy atom. The maximum absolute atomic E-state index is 10.8. The van der Waals surface area contributed by atoms with E-state index in [2.05, 4.69) is 0 Å². The number of carbonyl (C=O) groups is 1. The Bertz CT molecular complexity index is 343. The van der Waals surface area contributed by atoms with E-state index in [0.717, 1.165) is 11.1 Å². The van der Waals surface area contributed by atoms with E-state index >= 15 is 0 Å². The molecule has 2 nitrogen and oxygen atoms in total. The first-order valence-electron chi connectivity index (χ1n) is 4.53. The van der Waals surface area contributed by atoms with Crippen molar-refractivity contribution in [2.45, 2.75) is 20.3 Å². The van der Waals surface area contributed by atoms with E-state index in [9.17, 15) is 4.79 Å². The monoisotopic (exact) mass is 190 g/mol. The molecule has 0 saturated carbocycles. The van der Waals surface area contributed by atoms with Gasteiger partial charge in [0.25, 0.3) is 0 Å². The molecule has 1 N–H and O–H groups in total. The van der Waals surface area contributed by atoms with Gasteiger partial charge in [-0.05, 0) is 31.1 Å². The molecule has 14 heavy (non-hydrogen) atoms. The van der Waals surface area contributed by atoms with Gasteiger partial charge in [0.1, 0.15) is 5.78 Å². The molecule has 1 rings (SSSR count). The van der Waals surface area contributed by atoms with Crippen molar-refractivity contribution in [2.75, 3.05) is 0 Å². The molecule has 0 aliphatic heterocycles. The van der Waals surface area contributed by atoms with Crippen molar-refractivity contribution in [3.8, 4) is 0 Å². The van der Waals surface area contributed by atoms with Crippen LogP contribution in [0.15, 0.2) is 30.0 Å². The van der Waals surface area contributed by atoms with Gasteiger partial charge in [0, 0.05) is 6.42 Å². The number of rotatable bonds is 3. The van der Waals surface area contributed by atoms with Crippen molar-refractivity contribution in [3.63, 3.8) is 0 Å². The van der Waals surface area contributed by atoms with Crippen molar-refractivity contribution in [2.24, 2.45) is 0 Å². The van der Waals surface area contributed by atoms with Gasteiger partial charge < -0.3 is 5.11 Å². The number of hydrogen-bond donors (Lipinski definition) is 1. The van der Waals surface area contributed by atoms with E-state index in [-0.39, 0.29) is 11.5 Å². The maximum atomic E-state index is 10.8.